The van der Waals surface area contributed by atoms with Crippen LogP contribution in [0.2, 0.25) is 0 Å². The summed E-state index contributed by atoms with van der Waals surface area (Å²) < 4.78 is 25.7. The van der Waals surface area contributed by atoms with Crippen molar-refractivity contribution in [3.8, 4) is 11.5 Å². The molecular weight excluding hydrogens is 439 g/mol. The van der Waals surface area contributed by atoms with Crippen molar-refractivity contribution in [1.29, 1.82) is 0 Å². The third-order valence-electron chi connectivity index (χ3n) is 4.93. The van der Waals surface area contributed by atoms with Crippen LogP contribution >= 0.6 is 11.8 Å². The molecule has 5 nitrogen and oxygen atoms in total. The van der Waals surface area contributed by atoms with Crippen molar-refractivity contribution in [3.63, 3.8) is 0 Å². The highest BCUT2D eigenvalue weighted by molar-refractivity contribution is 8.05. The van der Waals surface area contributed by atoms with E-state index in [2.05, 4.69) is 16.7 Å². The van der Waals surface area contributed by atoms with E-state index in [-0.39, 0.29) is 11.7 Å². The predicted molar refractivity (Wildman–Crippen MR) is 131 cm³/mol. The van der Waals surface area contributed by atoms with Gasteiger partial charge in [-0.3, -0.25) is 4.79 Å². The Morgan fingerprint density at radius 2 is 1.91 bits per heavy atom. The Morgan fingerprint density at radius 1 is 1.06 bits per heavy atom. The number of halogens is 1. The highest BCUT2D eigenvalue weighted by Gasteiger charge is 2.27. The Bertz CT molecular complexity index is 1180. The number of amides is 1. The highest BCUT2D eigenvalue weighted by atomic mass is 32.2. The largest absolute Gasteiger partial charge is 0.490 e. The van der Waals surface area contributed by atoms with Gasteiger partial charge in [-0.25, -0.2) is 4.39 Å². The molecule has 1 unspecified atom stereocenters. The quantitative estimate of drug-likeness (QED) is 0.418. The van der Waals surface area contributed by atoms with Gasteiger partial charge in [-0.15, -0.1) is 0 Å². The third-order valence-corrected chi connectivity index (χ3v) is 5.96. The second-order valence-electron chi connectivity index (χ2n) is 7.52. The number of carbonyl (C=O) groups excluding carboxylic acids is 1. The zero-order valence-electron chi connectivity index (χ0n) is 18.4. The number of thioether (sulfide) groups is 1. The molecule has 1 aliphatic rings. The summed E-state index contributed by atoms with van der Waals surface area (Å²) in [7, 11) is 0. The van der Waals surface area contributed by atoms with Gasteiger partial charge in [0, 0.05) is 0 Å². The lowest BCUT2D eigenvalue weighted by atomic mass is 10.1. The molecule has 1 fully saturated rings. The number of nitrogens with one attached hydrogen (secondary N) is 2. The normalized spacial score (nSPS) is 16.5. The first kappa shape index (κ1) is 22.7. The number of hydrogen-bond acceptors (Lipinski definition) is 5. The molecule has 4 rings (SSSR count). The van der Waals surface area contributed by atoms with Crippen LogP contribution in [0.1, 0.15) is 23.6 Å². The summed E-state index contributed by atoms with van der Waals surface area (Å²) in [5.74, 6) is 0.672. The maximum absolute atomic E-state index is 13.9. The van der Waals surface area contributed by atoms with Crippen LogP contribution < -0.4 is 20.1 Å². The summed E-state index contributed by atoms with van der Waals surface area (Å²) in [5, 5.41) is 5.82. The van der Waals surface area contributed by atoms with Gasteiger partial charge >= 0.3 is 0 Å². The minimum Gasteiger partial charge on any atom is -0.490 e. The van der Waals surface area contributed by atoms with Gasteiger partial charge < -0.3 is 20.1 Å². The second kappa shape index (κ2) is 10.4. The van der Waals surface area contributed by atoms with Gasteiger partial charge in [0.05, 0.1) is 17.2 Å². The molecule has 1 aliphatic heterocycles. The average Bonchev–Trinajstić information content (AvgIpc) is 3.13. The topological polar surface area (TPSA) is 59.6 Å². The first-order chi connectivity index (χ1) is 16.0. The number of carbonyl (C=O) groups is 1. The van der Waals surface area contributed by atoms with Crippen molar-refractivity contribution >= 4 is 29.4 Å². The Kier molecular flexibility index (Phi) is 7.19. The van der Waals surface area contributed by atoms with E-state index in [0.29, 0.717) is 35.3 Å². The van der Waals surface area contributed by atoms with Crippen molar-refractivity contribution in [2.75, 3.05) is 11.9 Å². The lowest BCUT2D eigenvalue weighted by Crippen LogP contribution is -2.31. The minimum absolute atomic E-state index is 0.216. The predicted octanol–water partition coefficient (Wildman–Crippen LogP) is 5.71. The summed E-state index contributed by atoms with van der Waals surface area (Å²) in [6.07, 6.45) is 1.79. The van der Waals surface area contributed by atoms with Crippen LogP contribution in [0.15, 0.2) is 71.6 Å². The Morgan fingerprint density at radius 3 is 2.70 bits per heavy atom. The molecule has 3 aromatic rings. The number of hydrogen-bond donors (Lipinski definition) is 2. The maximum atomic E-state index is 13.9. The smallest absolute Gasteiger partial charge is 0.260 e. The molecule has 1 saturated heterocycles. The van der Waals surface area contributed by atoms with Crippen LogP contribution in [0.25, 0.3) is 6.08 Å². The molecule has 0 aromatic heterocycles. The number of para-hydroxylation sites is 1. The fourth-order valence-corrected chi connectivity index (χ4v) is 4.38. The molecule has 1 atom stereocenters. The highest BCUT2D eigenvalue weighted by Crippen LogP contribution is 2.34. The van der Waals surface area contributed by atoms with Gasteiger partial charge in [0.2, 0.25) is 0 Å². The average molecular weight is 465 g/mol. The zero-order valence-corrected chi connectivity index (χ0v) is 19.2. The minimum atomic E-state index is -0.455. The molecule has 7 heteroatoms. The molecular formula is C26H25FN2O3S. The molecule has 3 aromatic carbocycles. The molecule has 0 bridgehead atoms. The molecule has 1 amide bonds. The number of ether oxygens (including phenoxy) is 2. The molecule has 0 spiro atoms. The zero-order chi connectivity index (χ0) is 23.2. The van der Waals surface area contributed by atoms with Crippen LogP contribution in [-0.2, 0) is 11.4 Å². The molecule has 170 valence electrons. The first-order valence-corrected chi connectivity index (χ1v) is 11.6. The summed E-state index contributed by atoms with van der Waals surface area (Å²) in [5.41, 5.74) is 2.95. The van der Waals surface area contributed by atoms with Gasteiger partial charge in [-0.1, -0.05) is 59.8 Å². The third kappa shape index (κ3) is 5.87. The summed E-state index contributed by atoms with van der Waals surface area (Å²) in [4.78, 5) is 13.0. The van der Waals surface area contributed by atoms with Crippen LogP contribution in [0.5, 0.6) is 11.5 Å². The SMILES string of the molecule is CCOc1cc(/C=C2\SC(Nc3ccccc3F)NC2=O)ccc1OCc1cccc(C)c1. The van der Waals surface area contributed by atoms with Crippen molar-refractivity contribution in [2.45, 2.75) is 26.0 Å². The standard InChI is InChI=1S/C26H25FN2O3S/c1-3-31-23-14-18(11-12-22(23)32-16-19-8-6-7-17(2)13-19)15-24-25(30)29-26(33-24)28-21-10-5-4-9-20(21)27/h4-15,26,28H,3,16H2,1-2H3,(H,29,30)/b24-15-. The van der Waals surface area contributed by atoms with Gasteiger partial charge in [-0.05, 0) is 55.3 Å². The second-order valence-corrected chi connectivity index (χ2v) is 8.67. The van der Waals surface area contributed by atoms with Crippen LogP contribution in [0.3, 0.4) is 0 Å². The van der Waals surface area contributed by atoms with E-state index in [1.165, 1.54) is 23.4 Å². The lowest BCUT2D eigenvalue weighted by Gasteiger charge is -2.13. The first-order valence-electron chi connectivity index (χ1n) is 10.7. The van der Waals surface area contributed by atoms with Crippen LogP contribution in [-0.4, -0.2) is 18.0 Å². The van der Waals surface area contributed by atoms with E-state index in [0.717, 1.165) is 11.1 Å². The summed E-state index contributed by atoms with van der Waals surface area (Å²) >= 11 is 1.30. The fraction of sp³-hybridized carbons (Fsp3) is 0.192. The number of anilines is 1. The maximum Gasteiger partial charge on any atom is 0.260 e. The molecule has 1 heterocycles. The van der Waals surface area contributed by atoms with E-state index in [1.54, 1.807) is 24.3 Å². The Labute approximate surface area is 197 Å². The Hall–Kier alpha value is -3.45. The van der Waals surface area contributed by atoms with Crippen LogP contribution in [0.4, 0.5) is 10.1 Å². The van der Waals surface area contributed by atoms with Gasteiger partial charge in [0.1, 0.15) is 12.4 Å². The monoisotopic (exact) mass is 464 g/mol. The Balaban J connectivity index is 1.47. The molecule has 0 saturated carbocycles. The number of rotatable bonds is 8. The summed E-state index contributed by atoms with van der Waals surface area (Å²) in [6, 6.07) is 20.1. The van der Waals surface area contributed by atoms with Crippen molar-refractivity contribution in [3.05, 3.63) is 94.1 Å². The van der Waals surface area contributed by atoms with Gasteiger partial charge in [0.15, 0.2) is 17.0 Å². The van der Waals surface area contributed by atoms with Gasteiger partial charge in [0.25, 0.3) is 5.91 Å². The number of benzene rings is 3. The number of aryl methyl sites for hydroxylation is 1. The summed E-state index contributed by atoms with van der Waals surface area (Å²) in [6.45, 7) is 4.88. The molecule has 0 radical (unpaired) electrons. The van der Waals surface area contributed by atoms with Crippen molar-refractivity contribution in [2.24, 2.45) is 0 Å². The van der Waals surface area contributed by atoms with Gasteiger partial charge in [-0.2, -0.15) is 0 Å². The van der Waals surface area contributed by atoms with Crippen molar-refractivity contribution in [1.82, 2.24) is 5.32 Å². The van der Waals surface area contributed by atoms with E-state index >= 15 is 0 Å². The molecule has 33 heavy (non-hydrogen) atoms. The van der Waals surface area contributed by atoms with Crippen LogP contribution in [0, 0.1) is 12.7 Å². The lowest BCUT2D eigenvalue weighted by molar-refractivity contribution is -0.116. The van der Waals surface area contributed by atoms with E-state index in [4.69, 9.17) is 9.47 Å². The molecule has 0 aliphatic carbocycles. The fourth-order valence-electron chi connectivity index (χ4n) is 3.40. The van der Waals surface area contributed by atoms with E-state index in [1.807, 2.05) is 50.2 Å². The van der Waals surface area contributed by atoms with E-state index < -0.39 is 5.50 Å². The van der Waals surface area contributed by atoms with Crippen molar-refractivity contribution < 1.29 is 18.7 Å². The van der Waals surface area contributed by atoms with E-state index in [9.17, 15) is 9.18 Å². The molecule has 2 N–H and O–H groups in total.